The summed E-state index contributed by atoms with van der Waals surface area (Å²) in [5.41, 5.74) is -0.235. The van der Waals surface area contributed by atoms with Gasteiger partial charge in [0, 0.05) is 6.42 Å². The van der Waals surface area contributed by atoms with Crippen LogP contribution in [0.15, 0.2) is 5.70 Å². The number of hydrogen-bond donors (Lipinski definition) is 1. The Morgan fingerprint density at radius 2 is 1.68 bits per heavy atom. The maximum atomic E-state index is 11.1. The average Bonchev–Trinajstić information content (AvgIpc) is 2.11. The van der Waals surface area contributed by atoms with E-state index >= 15 is 0 Å². The maximum Gasteiger partial charge on any atom is 0.150 e. The normalized spacial score (nSPS) is 25.4. The highest BCUT2D eigenvalue weighted by Crippen LogP contribution is 2.27. The van der Waals surface area contributed by atoms with Crippen molar-refractivity contribution in [3.8, 4) is 0 Å². The molecule has 0 saturated carbocycles. The van der Waals surface area contributed by atoms with Crippen LogP contribution < -0.4 is 5.84 Å². The highest BCUT2D eigenvalue weighted by molar-refractivity contribution is 5.53. The molecule has 0 spiro atoms. The van der Waals surface area contributed by atoms with E-state index in [-0.39, 0.29) is 23.4 Å². The first-order valence-corrected chi connectivity index (χ1v) is 6.65. The molecule has 0 bridgehead atoms. The third kappa shape index (κ3) is 5.33. The first kappa shape index (κ1) is 16.2. The van der Waals surface area contributed by atoms with Gasteiger partial charge in [-0.05, 0) is 41.5 Å². The van der Waals surface area contributed by atoms with Gasteiger partial charge in [0.1, 0.15) is 17.7 Å². The van der Waals surface area contributed by atoms with Gasteiger partial charge in [0.2, 0.25) is 0 Å². The van der Waals surface area contributed by atoms with Crippen molar-refractivity contribution in [2.75, 3.05) is 6.54 Å². The smallest absolute Gasteiger partial charge is 0.150 e. The minimum absolute atomic E-state index is 0.0607. The van der Waals surface area contributed by atoms with E-state index in [2.05, 4.69) is 0 Å². The molecule has 1 heterocycles. The van der Waals surface area contributed by atoms with Gasteiger partial charge in [-0.15, -0.1) is 0 Å². The number of ether oxygens (including phenoxy) is 2. The molecule has 0 aromatic rings. The van der Waals surface area contributed by atoms with Crippen LogP contribution in [0.2, 0.25) is 0 Å². The van der Waals surface area contributed by atoms with Crippen molar-refractivity contribution in [2.24, 2.45) is 5.84 Å². The molecular formula is C14H26N2O3. The van der Waals surface area contributed by atoms with E-state index in [9.17, 15) is 4.79 Å². The standard InChI is InChI=1S/C14H26N2O3/c1-13(2,3)18-10-7-12(19-14(4,5)6)11(9-17)16(15)8-10/h10,12H,7-8,15H2,1-6H3/t10-,12+/m0/s1. The van der Waals surface area contributed by atoms with E-state index in [0.29, 0.717) is 18.7 Å². The van der Waals surface area contributed by atoms with Gasteiger partial charge in [-0.1, -0.05) is 0 Å². The molecule has 19 heavy (non-hydrogen) atoms. The van der Waals surface area contributed by atoms with Crippen molar-refractivity contribution in [2.45, 2.75) is 71.4 Å². The van der Waals surface area contributed by atoms with Crippen LogP contribution in [0.25, 0.3) is 0 Å². The van der Waals surface area contributed by atoms with Gasteiger partial charge >= 0.3 is 0 Å². The van der Waals surface area contributed by atoms with Crippen molar-refractivity contribution >= 4 is 5.94 Å². The van der Waals surface area contributed by atoms with E-state index in [0.717, 1.165) is 0 Å². The lowest BCUT2D eigenvalue weighted by Crippen LogP contribution is -2.52. The topological polar surface area (TPSA) is 64.8 Å². The minimum Gasteiger partial charge on any atom is -0.371 e. The lowest BCUT2D eigenvalue weighted by Gasteiger charge is -2.40. The average molecular weight is 270 g/mol. The second kappa shape index (κ2) is 5.63. The Morgan fingerprint density at radius 3 is 2.11 bits per heavy atom. The van der Waals surface area contributed by atoms with E-state index < -0.39 is 0 Å². The molecule has 110 valence electrons. The van der Waals surface area contributed by atoms with Gasteiger partial charge < -0.3 is 9.47 Å². The molecule has 0 aromatic heterocycles. The number of nitrogens with two attached hydrogens (primary N) is 1. The summed E-state index contributed by atoms with van der Waals surface area (Å²) in [5, 5.41) is 1.39. The van der Waals surface area contributed by atoms with Crippen molar-refractivity contribution in [3.63, 3.8) is 0 Å². The van der Waals surface area contributed by atoms with Crippen molar-refractivity contribution in [1.29, 1.82) is 0 Å². The first-order valence-electron chi connectivity index (χ1n) is 6.65. The summed E-state index contributed by atoms with van der Waals surface area (Å²) in [6.45, 7) is 12.3. The SMILES string of the molecule is CC(C)(C)O[C@H]1C[C@@H](OC(C)(C)C)C(=C=O)N(N)C1. The molecule has 1 aliphatic rings. The van der Waals surface area contributed by atoms with Gasteiger partial charge in [-0.25, -0.2) is 10.6 Å². The molecule has 1 rings (SSSR count). The number of carbonyl (C=O) groups excluding carboxylic acids is 1. The number of piperidine rings is 1. The highest BCUT2D eigenvalue weighted by atomic mass is 16.5. The summed E-state index contributed by atoms with van der Waals surface area (Å²) in [4.78, 5) is 11.1. The lowest BCUT2D eigenvalue weighted by molar-refractivity contribution is -0.130. The number of hydrogen-bond acceptors (Lipinski definition) is 5. The number of nitrogens with zero attached hydrogens (tertiary/aromatic N) is 1. The number of rotatable bonds is 2. The largest absolute Gasteiger partial charge is 0.371 e. The third-order valence-electron chi connectivity index (χ3n) is 2.61. The molecule has 1 fully saturated rings. The highest BCUT2D eigenvalue weighted by Gasteiger charge is 2.36. The Balaban J connectivity index is 2.83. The zero-order chi connectivity index (χ0) is 14.8. The molecule has 2 N–H and O–H groups in total. The molecule has 5 heteroatoms. The molecule has 5 nitrogen and oxygen atoms in total. The van der Waals surface area contributed by atoms with E-state index in [1.165, 1.54) is 5.01 Å². The van der Waals surface area contributed by atoms with Gasteiger partial charge in [-0.2, -0.15) is 0 Å². The van der Waals surface area contributed by atoms with Crippen LogP contribution in [-0.4, -0.2) is 40.9 Å². The monoisotopic (exact) mass is 270 g/mol. The number of hydrazine groups is 1. The summed E-state index contributed by atoms with van der Waals surface area (Å²) in [6.07, 6.45) is 0.186. The second-order valence-electron chi connectivity index (χ2n) is 6.95. The Hall–Kier alpha value is -0.870. The molecule has 1 aliphatic heterocycles. The van der Waals surface area contributed by atoms with Crippen LogP contribution in [-0.2, 0) is 14.3 Å². The Labute approximate surface area is 115 Å². The van der Waals surface area contributed by atoms with Crippen molar-refractivity contribution in [3.05, 3.63) is 5.70 Å². The summed E-state index contributed by atoms with van der Waals surface area (Å²) in [6, 6.07) is 0. The van der Waals surface area contributed by atoms with E-state index in [4.69, 9.17) is 15.3 Å². The quantitative estimate of drug-likeness (QED) is 0.610. The van der Waals surface area contributed by atoms with Crippen molar-refractivity contribution < 1.29 is 14.3 Å². The zero-order valence-electron chi connectivity index (χ0n) is 12.8. The molecule has 2 atom stereocenters. The predicted octanol–water partition coefficient (Wildman–Crippen LogP) is 1.65. The van der Waals surface area contributed by atoms with Crippen molar-refractivity contribution in [1.82, 2.24) is 5.01 Å². The summed E-state index contributed by atoms with van der Waals surface area (Å²) >= 11 is 0. The Kier molecular flexibility index (Phi) is 4.80. The van der Waals surface area contributed by atoms with Crippen LogP contribution in [0.3, 0.4) is 0 Å². The summed E-state index contributed by atoms with van der Waals surface area (Å²) < 4.78 is 11.8. The minimum atomic E-state index is -0.372. The fraction of sp³-hybridized carbons (Fsp3) is 0.857. The third-order valence-corrected chi connectivity index (χ3v) is 2.61. The van der Waals surface area contributed by atoms with E-state index in [1.807, 2.05) is 47.5 Å². The van der Waals surface area contributed by atoms with Gasteiger partial charge in [0.05, 0.1) is 23.9 Å². The van der Waals surface area contributed by atoms with Gasteiger partial charge in [0.15, 0.2) is 0 Å². The molecule has 0 unspecified atom stereocenters. The predicted molar refractivity (Wildman–Crippen MR) is 74.0 cm³/mol. The van der Waals surface area contributed by atoms with Crippen LogP contribution in [0.5, 0.6) is 0 Å². The molecule has 1 saturated heterocycles. The molecule has 0 aliphatic carbocycles. The maximum absolute atomic E-state index is 11.1. The Morgan fingerprint density at radius 1 is 1.16 bits per heavy atom. The van der Waals surface area contributed by atoms with E-state index in [1.54, 1.807) is 0 Å². The van der Waals surface area contributed by atoms with Crippen LogP contribution in [0, 0.1) is 0 Å². The molecular weight excluding hydrogens is 244 g/mol. The van der Waals surface area contributed by atoms with Gasteiger partial charge in [-0.3, -0.25) is 5.01 Å². The van der Waals surface area contributed by atoms with Crippen LogP contribution >= 0.6 is 0 Å². The molecule has 0 radical (unpaired) electrons. The second-order valence-corrected chi connectivity index (χ2v) is 6.95. The van der Waals surface area contributed by atoms with Crippen LogP contribution in [0.1, 0.15) is 48.0 Å². The lowest BCUT2D eigenvalue weighted by atomic mass is 10.0. The van der Waals surface area contributed by atoms with Gasteiger partial charge in [0.25, 0.3) is 0 Å². The first-order chi connectivity index (χ1) is 8.52. The Bertz CT molecular complexity index is 362. The summed E-state index contributed by atoms with van der Waals surface area (Å²) in [7, 11) is 0. The van der Waals surface area contributed by atoms with Crippen LogP contribution in [0.4, 0.5) is 0 Å². The zero-order valence-corrected chi connectivity index (χ0v) is 12.8. The molecule has 0 aromatic carbocycles. The fourth-order valence-corrected chi connectivity index (χ4v) is 2.17. The molecule has 0 amide bonds. The fourth-order valence-electron chi connectivity index (χ4n) is 2.17. The summed E-state index contributed by atoms with van der Waals surface area (Å²) in [5.74, 6) is 7.78.